The van der Waals surface area contributed by atoms with Crippen molar-refractivity contribution in [1.29, 1.82) is 0 Å². The maximum absolute atomic E-state index is 2.43. The molecule has 0 rings (SSSR count). The van der Waals surface area contributed by atoms with Gasteiger partial charge in [0.25, 0.3) is 0 Å². The molecule has 0 unspecified atom stereocenters. The third-order valence-electron chi connectivity index (χ3n) is 2.21. The van der Waals surface area contributed by atoms with Gasteiger partial charge < -0.3 is 4.90 Å². The Bertz CT molecular complexity index is 71.1. The van der Waals surface area contributed by atoms with Crippen molar-refractivity contribution in [1.82, 2.24) is 4.90 Å². The topological polar surface area (TPSA) is 3.24 Å². The lowest BCUT2D eigenvalue weighted by molar-refractivity contribution is 0.248. The fourth-order valence-electron chi connectivity index (χ4n) is 0.940. The van der Waals surface area contributed by atoms with Crippen molar-refractivity contribution < 1.29 is 0 Å². The van der Waals surface area contributed by atoms with Gasteiger partial charge in [0.15, 0.2) is 0 Å². The molecule has 0 fully saturated rings. The zero-order valence-electron chi connectivity index (χ0n) is 7.85. The zero-order valence-corrected chi connectivity index (χ0v) is 7.85. The molecule has 1 nitrogen and oxygen atoms in total. The fourth-order valence-corrected chi connectivity index (χ4v) is 0.940. The summed E-state index contributed by atoms with van der Waals surface area (Å²) in [5.74, 6) is 0. The molecule has 0 heterocycles. The third kappa shape index (κ3) is 3.89. The molecule has 0 N–H and O–H groups in total. The van der Waals surface area contributed by atoms with Gasteiger partial charge in [-0.2, -0.15) is 0 Å². The van der Waals surface area contributed by atoms with Crippen molar-refractivity contribution >= 4 is 0 Å². The SMILES string of the molecule is CCCCN(C)[C@@H](C)CC. The molecule has 0 aromatic heterocycles. The number of hydrogen-bond donors (Lipinski definition) is 0. The lowest BCUT2D eigenvalue weighted by Crippen LogP contribution is -2.29. The summed E-state index contributed by atoms with van der Waals surface area (Å²) in [4.78, 5) is 2.43. The summed E-state index contributed by atoms with van der Waals surface area (Å²) < 4.78 is 0. The smallest absolute Gasteiger partial charge is 0.00612 e. The third-order valence-corrected chi connectivity index (χ3v) is 2.21. The van der Waals surface area contributed by atoms with Crippen molar-refractivity contribution in [2.75, 3.05) is 13.6 Å². The maximum atomic E-state index is 2.43. The van der Waals surface area contributed by atoms with Crippen molar-refractivity contribution in [2.45, 2.75) is 46.1 Å². The first-order valence-corrected chi connectivity index (χ1v) is 4.42. The van der Waals surface area contributed by atoms with Crippen LogP contribution in [0.25, 0.3) is 0 Å². The molecule has 0 radical (unpaired) electrons. The average Bonchev–Trinajstić information content (AvgIpc) is 1.98. The summed E-state index contributed by atoms with van der Waals surface area (Å²) >= 11 is 0. The van der Waals surface area contributed by atoms with Gasteiger partial charge in [0.05, 0.1) is 0 Å². The fraction of sp³-hybridized carbons (Fsp3) is 1.00. The van der Waals surface area contributed by atoms with Crippen molar-refractivity contribution in [3.05, 3.63) is 0 Å². The van der Waals surface area contributed by atoms with E-state index in [0.717, 1.165) is 6.04 Å². The van der Waals surface area contributed by atoms with Gasteiger partial charge in [-0.15, -0.1) is 0 Å². The molecule has 0 saturated carbocycles. The van der Waals surface area contributed by atoms with E-state index in [4.69, 9.17) is 0 Å². The lowest BCUT2D eigenvalue weighted by atomic mass is 10.2. The summed E-state index contributed by atoms with van der Waals surface area (Å²) in [7, 11) is 2.21. The molecular weight excluding hydrogens is 122 g/mol. The minimum absolute atomic E-state index is 0.756. The monoisotopic (exact) mass is 143 g/mol. The Morgan fingerprint density at radius 3 is 2.30 bits per heavy atom. The van der Waals surface area contributed by atoms with E-state index in [2.05, 4.69) is 32.7 Å². The Labute approximate surface area is 65.4 Å². The van der Waals surface area contributed by atoms with Gasteiger partial charge in [-0.25, -0.2) is 0 Å². The van der Waals surface area contributed by atoms with Crippen molar-refractivity contribution in [3.63, 3.8) is 0 Å². The van der Waals surface area contributed by atoms with Crippen LogP contribution < -0.4 is 0 Å². The number of unbranched alkanes of at least 4 members (excludes halogenated alkanes) is 1. The molecular formula is C9H21N. The van der Waals surface area contributed by atoms with Crippen LogP contribution in [0.15, 0.2) is 0 Å². The van der Waals surface area contributed by atoms with Crippen molar-refractivity contribution in [3.8, 4) is 0 Å². The number of nitrogens with zero attached hydrogens (tertiary/aromatic N) is 1. The van der Waals surface area contributed by atoms with Crippen LogP contribution in [0.5, 0.6) is 0 Å². The van der Waals surface area contributed by atoms with Gasteiger partial charge >= 0.3 is 0 Å². The molecule has 0 aliphatic heterocycles. The Balaban J connectivity index is 3.31. The van der Waals surface area contributed by atoms with Gasteiger partial charge in [-0.05, 0) is 33.4 Å². The van der Waals surface area contributed by atoms with E-state index in [1.54, 1.807) is 0 Å². The molecule has 0 spiro atoms. The lowest BCUT2D eigenvalue weighted by Gasteiger charge is -2.22. The molecule has 0 aromatic rings. The minimum Gasteiger partial charge on any atom is -0.304 e. The second-order valence-corrected chi connectivity index (χ2v) is 3.09. The molecule has 0 aromatic carbocycles. The number of hydrogen-bond acceptors (Lipinski definition) is 1. The molecule has 0 aliphatic rings. The van der Waals surface area contributed by atoms with Gasteiger partial charge in [0.1, 0.15) is 0 Å². The molecule has 10 heavy (non-hydrogen) atoms. The maximum Gasteiger partial charge on any atom is 0.00612 e. The highest BCUT2D eigenvalue weighted by molar-refractivity contribution is 4.59. The van der Waals surface area contributed by atoms with Crippen LogP contribution >= 0.6 is 0 Å². The standard InChI is InChI=1S/C9H21N/c1-5-7-8-10(4)9(3)6-2/h9H,5-8H2,1-4H3/t9-/m0/s1. The summed E-state index contributed by atoms with van der Waals surface area (Å²) in [6.07, 6.45) is 3.90. The van der Waals surface area contributed by atoms with E-state index >= 15 is 0 Å². The Morgan fingerprint density at radius 1 is 1.30 bits per heavy atom. The van der Waals surface area contributed by atoms with Crippen LogP contribution in [-0.4, -0.2) is 24.5 Å². The van der Waals surface area contributed by atoms with Crippen LogP contribution in [0, 0.1) is 0 Å². The molecule has 0 amide bonds. The molecule has 0 bridgehead atoms. The van der Waals surface area contributed by atoms with E-state index in [1.165, 1.54) is 25.8 Å². The summed E-state index contributed by atoms with van der Waals surface area (Å²) in [6, 6.07) is 0.756. The van der Waals surface area contributed by atoms with Crippen LogP contribution in [-0.2, 0) is 0 Å². The van der Waals surface area contributed by atoms with Crippen LogP contribution in [0.2, 0.25) is 0 Å². The average molecular weight is 143 g/mol. The van der Waals surface area contributed by atoms with Gasteiger partial charge in [0, 0.05) is 6.04 Å². The largest absolute Gasteiger partial charge is 0.304 e. The second-order valence-electron chi connectivity index (χ2n) is 3.09. The van der Waals surface area contributed by atoms with E-state index in [9.17, 15) is 0 Å². The predicted molar refractivity (Wildman–Crippen MR) is 47.3 cm³/mol. The first-order chi connectivity index (χ1) is 4.72. The van der Waals surface area contributed by atoms with Gasteiger partial charge in [0.2, 0.25) is 0 Å². The molecule has 1 heteroatoms. The highest BCUT2D eigenvalue weighted by Crippen LogP contribution is 2.01. The Morgan fingerprint density at radius 2 is 1.90 bits per heavy atom. The van der Waals surface area contributed by atoms with E-state index in [-0.39, 0.29) is 0 Å². The molecule has 62 valence electrons. The Kier molecular flexibility index (Phi) is 5.70. The van der Waals surface area contributed by atoms with Crippen LogP contribution in [0.4, 0.5) is 0 Å². The summed E-state index contributed by atoms with van der Waals surface area (Å²) in [6.45, 7) is 8.03. The second kappa shape index (κ2) is 5.72. The summed E-state index contributed by atoms with van der Waals surface area (Å²) in [5.41, 5.74) is 0. The zero-order chi connectivity index (χ0) is 7.98. The van der Waals surface area contributed by atoms with Gasteiger partial charge in [-0.3, -0.25) is 0 Å². The highest BCUT2D eigenvalue weighted by Gasteiger charge is 2.03. The first-order valence-electron chi connectivity index (χ1n) is 4.42. The number of rotatable bonds is 5. The first kappa shape index (κ1) is 9.96. The van der Waals surface area contributed by atoms with Crippen LogP contribution in [0.1, 0.15) is 40.0 Å². The normalized spacial score (nSPS) is 14.1. The molecule has 0 aliphatic carbocycles. The highest BCUT2D eigenvalue weighted by atomic mass is 15.1. The van der Waals surface area contributed by atoms with E-state index in [1.807, 2.05) is 0 Å². The Hall–Kier alpha value is -0.0400. The minimum atomic E-state index is 0.756. The summed E-state index contributed by atoms with van der Waals surface area (Å²) in [5, 5.41) is 0. The van der Waals surface area contributed by atoms with Crippen molar-refractivity contribution in [2.24, 2.45) is 0 Å². The van der Waals surface area contributed by atoms with E-state index in [0.29, 0.717) is 0 Å². The quantitative estimate of drug-likeness (QED) is 0.571. The predicted octanol–water partition coefficient (Wildman–Crippen LogP) is 2.52. The van der Waals surface area contributed by atoms with Gasteiger partial charge in [-0.1, -0.05) is 20.3 Å². The van der Waals surface area contributed by atoms with E-state index < -0.39 is 0 Å². The molecule has 0 saturated heterocycles. The molecule has 1 atom stereocenters. The van der Waals surface area contributed by atoms with Crippen LogP contribution in [0.3, 0.4) is 0 Å².